The maximum atomic E-state index is 12.5. The van der Waals surface area contributed by atoms with Gasteiger partial charge in [0.2, 0.25) is 5.91 Å². The number of nitrogens with zero attached hydrogens (tertiary/aromatic N) is 1. The van der Waals surface area contributed by atoms with Crippen LogP contribution in [-0.2, 0) is 10.2 Å². The number of halogens is 1. The second kappa shape index (κ2) is 4.92. The molecule has 98 valence electrons. The number of anilines is 1. The quantitative estimate of drug-likeness (QED) is 0.854. The van der Waals surface area contributed by atoms with E-state index in [1.165, 1.54) is 0 Å². The molecule has 1 fully saturated rings. The fourth-order valence-corrected chi connectivity index (χ4v) is 2.73. The van der Waals surface area contributed by atoms with Gasteiger partial charge in [-0.05, 0) is 60.3 Å². The van der Waals surface area contributed by atoms with Crippen LogP contribution < -0.4 is 5.73 Å². The molecule has 1 aliphatic rings. The first-order valence-electron chi connectivity index (χ1n) is 6.28. The molecule has 1 saturated heterocycles. The highest BCUT2D eigenvalue weighted by Gasteiger charge is 2.34. The van der Waals surface area contributed by atoms with Crippen LogP contribution in [0.2, 0.25) is 0 Å². The van der Waals surface area contributed by atoms with Crippen LogP contribution in [0.5, 0.6) is 0 Å². The Labute approximate surface area is 116 Å². The monoisotopic (exact) mass is 310 g/mol. The summed E-state index contributed by atoms with van der Waals surface area (Å²) in [5.41, 5.74) is 6.99. The van der Waals surface area contributed by atoms with E-state index in [9.17, 15) is 4.79 Å². The first-order chi connectivity index (χ1) is 8.43. The number of nitrogens with two attached hydrogens (primary N) is 1. The van der Waals surface area contributed by atoms with Gasteiger partial charge in [-0.1, -0.05) is 6.07 Å². The third-order valence-corrected chi connectivity index (χ3v) is 4.34. The Morgan fingerprint density at radius 3 is 2.50 bits per heavy atom. The molecule has 0 radical (unpaired) electrons. The highest BCUT2D eigenvalue weighted by molar-refractivity contribution is 9.10. The van der Waals surface area contributed by atoms with Crippen molar-refractivity contribution >= 4 is 27.5 Å². The second-order valence-corrected chi connectivity index (χ2v) is 6.21. The molecule has 0 atom stereocenters. The molecule has 3 nitrogen and oxygen atoms in total. The molecule has 0 unspecified atom stereocenters. The van der Waals surface area contributed by atoms with Crippen LogP contribution in [0.15, 0.2) is 22.7 Å². The summed E-state index contributed by atoms with van der Waals surface area (Å²) in [5, 5.41) is 0. The summed E-state index contributed by atoms with van der Waals surface area (Å²) in [5.74, 6) is 0.205. The molecular formula is C14H19BrN2O. The van der Waals surface area contributed by atoms with Gasteiger partial charge in [0.25, 0.3) is 0 Å². The van der Waals surface area contributed by atoms with Gasteiger partial charge in [0.15, 0.2) is 0 Å². The van der Waals surface area contributed by atoms with E-state index in [2.05, 4.69) is 15.9 Å². The summed E-state index contributed by atoms with van der Waals surface area (Å²) < 4.78 is 0.849. The zero-order chi connectivity index (χ0) is 13.3. The molecule has 1 aromatic carbocycles. The van der Waals surface area contributed by atoms with E-state index < -0.39 is 5.41 Å². The summed E-state index contributed by atoms with van der Waals surface area (Å²) in [6.07, 6.45) is 2.24. The summed E-state index contributed by atoms with van der Waals surface area (Å²) in [4.78, 5) is 14.5. The molecule has 1 amide bonds. The molecule has 0 saturated carbocycles. The van der Waals surface area contributed by atoms with Gasteiger partial charge in [-0.2, -0.15) is 0 Å². The minimum Gasteiger partial charge on any atom is -0.398 e. The molecule has 0 aliphatic carbocycles. The number of hydrogen-bond donors (Lipinski definition) is 1. The van der Waals surface area contributed by atoms with Crippen LogP contribution >= 0.6 is 15.9 Å². The molecule has 18 heavy (non-hydrogen) atoms. The van der Waals surface area contributed by atoms with Gasteiger partial charge in [-0.25, -0.2) is 0 Å². The summed E-state index contributed by atoms with van der Waals surface area (Å²) in [6, 6.07) is 5.73. The predicted molar refractivity (Wildman–Crippen MR) is 77.4 cm³/mol. The van der Waals surface area contributed by atoms with Crippen LogP contribution in [0.4, 0.5) is 5.69 Å². The van der Waals surface area contributed by atoms with E-state index in [-0.39, 0.29) is 5.91 Å². The van der Waals surface area contributed by atoms with Gasteiger partial charge < -0.3 is 10.6 Å². The zero-order valence-electron chi connectivity index (χ0n) is 10.9. The lowest BCUT2D eigenvalue weighted by molar-refractivity contribution is -0.135. The highest BCUT2D eigenvalue weighted by Crippen LogP contribution is 2.31. The molecular weight excluding hydrogens is 292 g/mol. The first kappa shape index (κ1) is 13.4. The maximum absolute atomic E-state index is 12.5. The van der Waals surface area contributed by atoms with Crippen molar-refractivity contribution in [1.82, 2.24) is 4.90 Å². The minimum atomic E-state index is -0.499. The average molecular weight is 311 g/mol. The number of nitrogen functional groups attached to an aromatic ring is 1. The van der Waals surface area contributed by atoms with Crippen molar-refractivity contribution in [1.29, 1.82) is 0 Å². The molecule has 1 aromatic rings. The third-order valence-electron chi connectivity index (χ3n) is 3.65. The standard InChI is InChI=1S/C14H19BrN2O/c1-14(2,13(18)17-7-3-4-8-17)10-5-6-12(16)11(15)9-10/h5-6,9H,3-4,7-8,16H2,1-2H3. The van der Waals surface area contributed by atoms with Gasteiger partial charge >= 0.3 is 0 Å². The maximum Gasteiger partial charge on any atom is 0.232 e. The van der Waals surface area contributed by atoms with E-state index in [0.29, 0.717) is 5.69 Å². The normalized spacial score (nSPS) is 16.1. The Balaban J connectivity index is 2.28. The van der Waals surface area contributed by atoms with Gasteiger partial charge in [-0.3, -0.25) is 4.79 Å². The molecule has 0 spiro atoms. The highest BCUT2D eigenvalue weighted by atomic mass is 79.9. The SMILES string of the molecule is CC(C)(C(=O)N1CCCC1)c1ccc(N)c(Br)c1. The van der Waals surface area contributed by atoms with Crippen LogP contribution in [-0.4, -0.2) is 23.9 Å². The molecule has 1 heterocycles. The molecule has 1 aliphatic heterocycles. The Hall–Kier alpha value is -1.03. The number of likely N-dealkylation sites (tertiary alicyclic amines) is 1. The molecule has 2 rings (SSSR count). The number of amides is 1. The van der Waals surface area contributed by atoms with Crippen LogP contribution in [0.25, 0.3) is 0 Å². The third kappa shape index (κ3) is 2.39. The van der Waals surface area contributed by atoms with E-state index >= 15 is 0 Å². The van der Waals surface area contributed by atoms with Crippen LogP contribution in [0, 0.1) is 0 Å². The molecule has 0 aromatic heterocycles. The van der Waals surface area contributed by atoms with Crippen molar-refractivity contribution in [3.8, 4) is 0 Å². The van der Waals surface area contributed by atoms with Crippen molar-refractivity contribution in [3.05, 3.63) is 28.2 Å². The number of rotatable bonds is 2. The molecule has 2 N–H and O–H groups in total. The number of carbonyl (C=O) groups excluding carboxylic acids is 1. The smallest absolute Gasteiger partial charge is 0.232 e. The van der Waals surface area contributed by atoms with Crippen molar-refractivity contribution in [2.75, 3.05) is 18.8 Å². The van der Waals surface area contributed by atoms with Gasteiger partial charge in [-0.15, -0.1) is 0 Å². The lowest BCUT2D eigenvalue weighted by Gasteiger charge is -2.29. The average Bonchev–Trinajstić information content (AvgIpc) is 2.85. The van der Waals surface area contributed by atoms with Gasteiger partial charge in [0, 0.05) is 23.2 Å². The van der Waals surface area contributed by atoms with E-state index in [1.54, 1.807) is 0 Å². The van der Waals surface area contributed by atoms with E-state index in [0.717, 1.165) is 36.0 Å². The lowest BCUT2D eigenvalue weighted by atomic mass is 9.83. The summed E-state index contributed by atoms with van der Waals surface area (Å²) in [7, 11) is 0. The number of hydrogen-bond acceptors (Lipinski definition) is 2. The second-order valence-electron chi connectivity index (χ2n) is 5.36. The molecule has 0 bridgehead atoms. The largest absolute Gasteiger partial charge is 0.398 e. The topological polar surface area (TPSA) is 46.3 Å². The summed E-state index contributed by atoms with van der Waals surface area (Å²) in [6.45, 7) is 5.73. The number of benzene rings is 1. The molecule has 4 heteroatoms. The zero-order valence-corrected chi connectivity index (χ0v) is 12.5. The van der Waals surface area contributed by atoms with Crippen molar-refractivity contribution in [2.45, 2.75) is 32.1 Å². The Morgan fingerprint density at radius 2 is 1.94 bits per heavy atom. The van der Waals surface area contributed by atoms with E-state index in [1.807, 2.05) is 36.9 Å². The fraction of sp³-hybridized carbons (Fsp3) is 0.500. The predicted octanol–water partition coefficient (Wildman–Crippen LogP) is 2.93. The Bertz CT molecular complexity index is 465. The van der Waals surface area contributed by atoms with Crippen molar-refractivity contribution < 1.29 is 4.79 Å². The Kier molecular flexibility index (Phi) is 3.66. The fourth-order valence-electron chi connectivity index (χ4n) is 2.35. The van der Waals surface area contributed by atoms with Gasteiger partial charge in [0.05, 0.1) is 5.41 Å². The number of carbonyl (C=O) groups is 1. The van der Waals surface area contributed by atoms with Crippen molar-refractivity contribution in [2.24, 2.45) is 0 Å². The minimum absolute atomic E-state index is 0.205. The van der Waals surface area contributed by atoms with Crippen LogP contribution in [0.3, 0.4) is 0 Å². The van der Waals surface area contributed by atoms with Crippen molar-refractivity contribution in [3.63, 3.8) is 0 Å². The first-order valence-corrected chi connectivity index (χ1v) is 7.07. The van der Waals surface area contributed by atoms with E-state index in [4.69, 9.17) is 5.73 Å². The lowest BCUT2D eigenvalue weighted by Crippen LogP contribution is -2.41. The Morgan fingerprint density at radius 1 is 1.33 bits per heavy atom. The summed E-state index contributed by atoms with van der Waals surface area (Å²) >= 11 is 3.42. The van der Waals surface area contributed by atoms with Crippen LogP contribution in [0.1, 0.15) is 32.3 Å². The van der Waals surface area contributed by atoms with Gasteiger partial charge in [0.1, 0.15) is 0 Å².